The molecule has 2 N–H and O–H groups in total. The molecule has 0 unspecified atom stereocenters. The summed E-state index contributed by atoms with van der Waals surface area (Å²) in [6.45, 7) is 2.27. The van der Waals surface area contributed by atoms with Crippen LogP contribution in [0.3, 0.4) is 0 Å². The Bertz CT molecular complexity index is 445. The second kappa shape index (κ2) is 14.9. The monoisotopic (exact) mass is 346 g/mol. The van der Waals surface area contributed by atoms with Gasteiger partial charge in [-0.2, -0.15) is 0 Å². The molecule has 0 aliphatic heterocycles. The lowest BCUT2D eigenvalue weighted by molar-refractivity contribution is 0.449. The van der Waals surface area contributed by atoms with Gasteiger partial charge in [-0.1, -0.05) is 70.4 Å². The summed E-state index contributed by atoms with van der Waals surface area (Å²) in [5.74, 6) is 0.311. The first-order valence-corrected chi connectivity index (χ1v) is 10.4. The van der Waals surface area contributed by atoms with E-state index in [4.69, 9.17) is 0 Å². The maximum Gasteiger partial charge on any atom is 0.119 e. The molecule has 1 aromatic carbocycles. The minimum atomic E-state index is 0.155. The Morgan fingerprint density at radius 2 is 1.12 bits per heavy atom. The third-order valence-corrected chi connectivity index (χ3v) is 4.69. The predicted octanol–water partition coefficient (Wildman–Crippen LogP) is 7.29. The Balaban J connectivity index is 1.87. The molecule has 0 bridgehead atoms. The molecule has 2 heteroatoms. The highest BCUT2D eigenvalue weighted by Crippen LogP contribution is 2.22. The number of rotatable bonds is 15. The summed E-state index contributed by atoms with van der Waals surface area (Å²) >= 11 is 0. The summed E-state index contributed by atoms with van der Waals surface area (Å²) in [5.41, 5.74) is 1.02. The lowest BCUT2D eigenvalue weighted by atomic mass is 10.0. The summed E-state index contributed by atoms with van der Waals surface area (Å²) in [6.07, 6.45) is 22.6. The lowest BCUT2D eigenvalue weighted by Crippen LogP contribution is -1.86. The number of hydrogen-bond acceptors (Lipinski definition) is 2. The van der Waals surface area contributed by atoms with Crippen molar-refractivity contribution in [3.05, 3.63) is 35.9 Å². The van der Waals surface area contributed by atoms with Crippen molar-refractivity contribution in [2.75, 3.05) is 0 Å². The molecule has 0 saturated heterocycles. The molecule has 0 saturated carbocycles. The fourth-order valence-corrected chi connectivity index (χ4v) is 3.20. The smallest absolute Gasteiger partial charge is 0.119 e. The van der Waals surface area contributed by atoms with Crippen molar-refractivity contribution in [2.45, 2.75) is 96.8 Å². The number of hydrogen-bond donors (Lipinski definition) is 2. The van der Waals surface area contributed by atoms with Crippen LogP contribution in [0.1, 0.15) is 96.0 Å². The van der Waals surface area contributed by atoms with Gasteiger partial charge in [-0.25, -0.2) is 0 Å². The number of aromatic hydroxyl groups is 2. The van der Waals surface area contributed by atoms with Crippen molar-refractivity contribution in [1.29, 1.82) is 0 Å². The van der Waals surface area contributed by atoms with Crippen molar-refractivity contribution in [3.8, 4) is 11.5 Å². The maximum absolute atomic E-state index is 9.45. The van der Waals surface area contributed by atoms with E-state index in [1.54, 1.807) is 12.1 Å². The highest BCUT2D eigenvalue weighted by molar-refractivity contribution is 5.36. The Kier molecular flexibility index (Phi) is 12.8. The lowest BCUT2D eigenvalue weighted by Gasteiger charge is -2.04. The SMILES string of the molecule is CCCCCCCC/C=C\CCCCCCCc1cc(O)cc(O)c1. The first-order valence-electron chi connectivity index (χ1n) is 10.4. The predicted molar refractivity (Wildman–Crippen MR) is 108 cm³/mol. The molecular formula is C23H38O2. The molecule has 0 aliphatic rings. The van der Waals surface area contributed by atoms with E-state index in [2.05, 4.69) is 19.1 Å². The zero-order chi connectivity index (χ0) is 18.2. The summed E-state index contributed by atoms with van der Waals surface area (Å²) in [7, 11) is 0. The number of phenolic OH excluding ortho intramolecular Hbond substituents is 2. The Hall–Kier alpha value is -1.44. The highest BCUT2D eigenvalue weighted by Gasteiger charge is 1.99. The van der Waals surface area contributed by atoms with Crippen LogP contribution >= 0.6 is 0 Å². The third-order valence-electron chi connectivity index (χ3n) is 4.69. The van der Waals surface area contributed by atoms with Crippen molar-refractivity contribution in [1.82, 2.24) is 0 Å². The van der Waals surface area contributed by atoms with Crippen molar-refractivity contribution in [3.63, 3.8) is 0 Å². The van der Waals surface area contributed by atoms with Gasteiger partial charge in [-0.05, 0) is 56.2 Å². The van der Waals surface area contributed by atoms with Crippen LogP contribution in [0.25, 0.3) is 0 Å². The molecule has 0 aliphatic carbocycles. The Morgan fingerprint density at radius 1 is 0.640 bits per heavy atom. The number of allylic oxidation sites excluding steroid dienone is 2. The second-order valence-corrected chi connectivity index (χ2v) is 7.19. The number of phenols is 2. The number of aryl methyl sites for hydroxylation is 1. The highest BCUT2D eigenvalue weighted by atomic mass is 16.3. The van der Waals surface area contributed by atoms with Crippen LogP contribution in [0.2, 0.25) is 0 Å². The van der Waals surface area contributed by atoms with E-state index in [0.717, 1.165) is 18.4 Å². The van der Waals surface area contributed by atoms with Crippen LogP contribution in [0.5, 0.6) is 11.5 Å². The van der Waals surface area contributed by atoms with Crippen LogP contribution in [-0.2, 0) is 6.42 Å². The first kappa shape index (κ1) is 21.6. The standard InChI is InChI=1S/C23H38O2/c1-2-3-4-5-6-7-8-9-10-11-12-13-14-15-16-17-21-18-22(24)20-23(25)19-21/h9-10,18-20,24-25H,2-8,11-17H2,1H3/b10-9-. The van der Waals surface area contributed by atoms with Crippen molar-refractivity contribution in [2.24, 2.45) is 0 Å². The van der Waals surface area contributed by atoms with E-state index >= 15 is 0 Å². The summed E-state index contributed by atoms with van der Waals surface area (Å²) in [4.78, 5) is 0. The fraction of sp³-hybridized carbons (Fsp3) is 0.652. The molecular weight excluding hydrogens is 308 g/mol. The van der Waals surface area contributed by atoms with E-state index < -0.39 is 0 Å². The average molecular weight is 347 g/mol. The molecule has 0 heterocycles. The normalized spacial score (nSPS) is 11.4. The second-order valence-electron chi connectivity index (χ2n) is 7.19. The topological polar surface area (TPSA) is 40.5 Å². The van der Waals surface area contributed by atoms with Gasteiger partial charge < -0.3 is 10.2 Å². The fourth-order valence-electron chi connectivity index (χ4n) is 3.20. The molecule has 0 radical (unpaired) electrons. The maximum atomic E-state index is 9.45. The van der Waals surface area contributed by atoms with E-state index in [-0.39, 0.29) is 11.5 Å². The first-order chi connectivity index (χ1) is 12.2. The molecule has 0 spiro atoms. The third kappa shape index (κ3) is 12.6. The Labute approximate surface area is 155 Å². The molecule has 1 aromatic rings. The zero-order valence-electron chi connectivity index (χ0n) is 16.2. The van der Waals surface area contributed by atoms with Gasteiger partial charge in [0.15, 0.2) is 0 Å². The van der Waals surface area contributed by atoms with Gasteiger partial charge in [0, 0.05) is 6.07 Å². The minimum Gasteiger partial charge on any atom is -0.508 e. The zero-order valence-corrected chi connectivity index (χ0v) is 16.2. The van der Waals surface area contributed by atoms with Crippen LogP contribution in [0.4, 0.5) is 0 Å². The van der Waals surface area contributed by atoms with Gasteiger partial charge in [0.05, 0.1) is 0 Å². The van der Waals surface area contributed by atoms with E-state index in [1.807, 2.05) is 0 Å². The molecule has 1 rings (SSSR count). The molecule has 2 nitrogen and oxygen atoms in total. The van der Waals surface area contributed by atoms with Gasteiger partial charge in [0.2, 0.25) is 0 Å². The van der Waals surface area contributed by atoms with E-state index in [9.17, 15) is 10.2 Å². The minimum absolute atomic E-state index is 0.155. The molecule has 25 heavy (non-hydrogen) atoms. The van der Waals surface area contributed by atoms with Crippen molar-refractivity contribution >= 4 is 0 Å². The molecule has 0 atom stereocenters. The van der Waals surface area contributed by atoms with Crippen LogP contribution in [0.15, 0.2) is 30.4 Å². The quantitative estimate of drug-likeness (QED) is 0.258. The summed E-state index contributed by atoms with van der Waals surface area (Å²) < 4.78 is 0. The molecule has 0 aromatic heterocycles. The summed E-state index contributed by atoms with van der Waals surface area (Å²) in [5, 5.41) is 18.9. The molecule has 0 fully saturated rings. The van der Waals surface area contributed by atoms with Gasteiger partial charge in [-0.15, -0.1) is 0 Å². The van der Waals surface area contributed by atoms with Gasteiger partial charge >= 0.3 is 0 Å². The average Bonchev–Trinajstić information content (AvgIpc) is 2.57. The Morgan fingerprint density at radius 3 is 1.68 bits per heavy atom. The molecule has 142 valence electrons. The van der Waals surface area contributed by atoms with Gasteiger partial charge in [0.25, 0.3) is 0 Å². The van der Waals surface area contributed by atoms with Gasteiger partial charge in [0.1, 0.15) is 11.5 Å². The van der Waals surface area contributed by atoms with Crippen LogP contribution < -0.4 is 0 Å². The van der Waals surface area contributed by atoms with Crippen molar-refractivity contribution < 1.29 is 10.2 Å². The van der Waals surface area contributed by atoms with Crippen LogP contribution in [0, 0.1) is 0 Å². The van der Waals surface area contributed by atoms with Crippen LogP contribution in [-0.4, -0.2) is 10.2 Å². The van der Waals surface area contributed by atoms with E-state index in [0.29, 0.717) is 0 Å². The number of benzene rings is 1. The largest absolute Gasteiger partial charge is 0.508 e. The number of unbranched alkanes of at least 4 members (excludes halogenated alkanes) is 11. The molecule has 0 amide bonds. The summed E-state index contributed by atoms with van der Waals surface area (Å²) in [6, 6.07) is 4.87. The van der Waals surface area contributed by atoms with E-state index in [1.165, 1.54) is 83.1 Å². The van der Waals surface area contributed by atoms with Gasteiger partial charge in [-0.3, -0.25) is 0 Å².